The van der Waals surface area contributed by atoms with Crippen molar-refractivity contribution in [1.29, 1.82) is 0 Å². The number of fused-ring (bicyclic) bond motifs is 1. The average molecular weight is 555 g/mol. The van der Waals surface area contributed by atoms with Gasteiger partial charge in [-0.2, -0.15) is 0 Å². The van der Waals surface area contributed by atoms with Gasteiger partial charge in [0.15, 0.2) is 22.8 Å². The zero-order valence-electron chi connectivity index (χ0n) is 25.0. The normalized spacial score (nSPS) is 16.9. The molecule has 0 aromatic carbocycles. The van der Waals surface area contributed by atoms with Crippen LogP contribution >= 0.6 is 0 Å². The Morgan fingerprint density at radius 1 is 1.12 bits per heavy atom. The van der Waals surface area contributed by atoms with Gasteiger partial charge in [0, 0.05) is 56.9 Å². The molecular formula is C30H40F2N6O2. The van der Waals surface area contributed by atoms with Crippen molar-refractivity contribution in [1.82, 2.24) is 18.9 Å². The summed E-state index contributed by atoms with van der Waals surface area (Å²) in [6, 6.07) is 2.87. The van der Waals surface area contributed by atoms with Crippen LogP contribution in [0.4, 0.5) is 19.3 Å². The SMILES string of the molecule is CC/C(C)=C(/N=c1c(F)cc(N2CCN(C(=O)OC(C)(C)C)C(C)(C)C2)cn1C)c1cc(F)c2nc(C)cn2c1. The Morgan fingerprint density at radius 3 is 2.42 bits per heavy atom. The topological polar surface area (TPSA) is 67.4 Å². The number of pyridine rings is 2. The van der Waals surface area contributed by atoms with Gasteiger partial charge in [-0.05, 0) is 66.5 Å². The summed E-state index contributed by atoms with van der Waals surface area (Å²) in [6.45, 7) is 16.7. The average Bonchev–Trinajstić information content (AvgIpc) is 3.22. The van der Waals surface area contributed by atoms with Gasteiger partial charge in [0.25, 0.3) is 0 Å². The zero-order valence-corrected chi connectivity index (χ0v) is 25.0. The zero-order chi connectivity index (χ0) is 29.6. The maximum Gasteiger partial charge on any atom is 0.410 e. The second-order valence-electron chi connectivity index (χ2n) is 12.1. The van der Waals surface area contributed by atoms with Gasteiger partial charge in [-0.15, -0.1) is 0 Å². The Balaban J connectivity index is 1.68. The summed E-state index contributed by atoms with van der Waals surface area (Å²) in [5.41, 5.74) is 2.63. The van der Waals surface area contributed by atoms with E-state index in [0.717, 1.165) is 5.57 Å². The molecule has 3 aromatic rings. The minimum absolute atomic E-state index is 0.139. The van der Waals surface area contributed by atoms with Crippen molar-refractivity contribution in [3.05, 3.63) is 64.7 Å². The van der Waals surface area contributed by atoms with Crippen LogP contribution in [0.1, 0.15) is 66.1 Å². The first-order valence-electron chi connectivity index (χ1n) is 13.6. The highest BCUT2D eigenvalue weighted by molar-refractivity contribution is 5.70. The molecule has 1 saturated heterocycles. The van der Waals surface area contributed by atoms with E-state index in [-0.39, 0.29) is 17.2 Å². The van der Waals surface area contributed by atoms with Crippen molar-refractivity contribution < 1.29 is 18.3 Å². The molecule has 8 nitrogen and oxygen atoms in total. The molecule has 4 heterocycles. The lowest BCUT2D eigenvalue weighted by Gasteiger charge is -2.47. The third-order valence-electron chi connectivity index (χ3n) is 7.08. The highest BCUT2D eigenvalue weighted by Gasteiger charge is 2.39. The van der Waals surface area contributed by atoms with Gasteiger partial charge in [-0.3, -0.25) is 4.90 Å². The standard InChI is InChI=1S/C30H40F2N6O2/c1-10-19(2)25(21-13-23(31)27-33-20(3)15-37(27)16-21)34-26-24(32)14-22(17-35(26)9)36-11-12-38(30(7,8)18-36)28(39)40-29(4,5)6/h13-17H,10-12,18H2,1-9H3/b25-19+,34-26?. The van der Waals surface area contributed by atoms with E-state index >= 15 is 4.39 Å². The van der Waals surface area contributed by atoms with Gasteiger partial charge >= 0.3 is 6.09 Å². The Bertz CT molecular complexity index is 1520. The summed E-state index contributed by atoms with van der Waals surface area (Å²) in [6.07, 6.45) is 5.68. The molecule has 1 amide bonds. The van der Waals surface area contributed by atoms with Gasteiger partial charge in [0.05, 0.1) is 22.6 Å². The fourth-order valence-corrected chi connectivity index (χ4v) is 4.98. The number of anilines is 1. The smallest absolute Gasteiger partial charge is 0.410 e. The molecule has 216 valence electrons. The van der Waals surface area contributed by atoms with Crippen LogP contribution in [-0.4, -0.2) is 55.7 Å². The molecule has 0 N–H and O–H groups in total. The van der Waals surface area contributed by atoms with Gasteiger partial charge < -0.3 is 18.6 Å². The van der Waals surface area contributed by atoms with Crippen LogP contribution in [0.2, 0.25) is 0 Å². The molecule has 0 unspecified atom stereocenters. The molecule has 0 aliphatic carbocycles. The molecule has 10 heteroatoms. The number of aryl methyl sites for hydroxylation is 2. The number of carbonyl (C=O) groups excluding carboxylic acids is 1. The Hall–Kier alpha value is -3.69. The third kappa shape index (κ3) is 6.05. The quantitative estimate of drug-likeness (QED) is 0.407. The molecule has 0 spiro atoms. The summed E-state index contributed by atoms with van der Waals surface area (Å²) < 4.78 is 39.5. The first-order valence-corrected chi connectivity index (χ1v) is 13.6. The van der Waals surface area contributed by atoms with E-state index in [0.29, 0.717) is 48.7 Å². The van der Waals surface area contributed by atoms with Crippen LogP contribution < -0.4 is 10.4 Å². The highest BCUT2D eigenvalue weighted by Crippen LogP contribution is 2.28. The molecule has 1 aliphatic heterocycles. The molecule has 0 atom stereocenters. The maximum atomic E-state index is 15.7. The molecule has 1 aliphatic rings. The van der Waals surface area contributed by atoms with Crippen molar-refractivity contribution in [3.63, 3.8) is 0 Å². The van der Waals surface area contributed by atoms with Crippen LogP contribution in [0.25, 0.3) is 11.3 Å². The number of nitrogens with zero attached hydrogens (tertiary/aromatic N) is 6. The second kappa shape index (κ2) is 10.7. The van der Waals surface area contributed by atoms with Crippen molar-refractivity contribution in [2.45, 2.75) is 73.0 Å². The second-order valence-corrected chi connectivity index (χ2v) is 12.1. The van der Waals surface area contributed by atoms with E-state index in [4.69, 9.17) is 9.73 Å². The lowest BCUT2D eigenvalue weighted by molar-refractivity contribution is 0.000356. The number of carbonyl (C=O) groups is 1. The number of hydrogen-bond donors (Lipinski definition) is 0. The van der Waals surface area contributed by atoms with Crippen molar-refractivity contribution in [2.75, 3.05) is 24.5 Å². The van der Waals surface area contributed by atoms with Crippen LogP contribution in [0, 0.1) is 18.6 Å². The number of piperazine rings is 1. The first-order chi connectivity index (χ1) is 18.6. The lowest BCUT2D eigenvalue weighted by Crippen LogP contribution is -2.62. The monoisotopic (exact) mass is 554 g/mol. The molecule has 0 radical (unpaired) electrons. The first kappa shape index (κ1) is 29.3. The van der Waals surface area contributed by atoms with Crippen molar-refractivity contribution in [3.8, 4) is 0 Å². The van der Waals surface area contributed by atoms with Crippen LogP contribution in [-0.2, 0) is 11.8 Å². The van der Waals surface area contributed by atoms with E-state index in [1.165, 1.54) is 12.1 Å². The Labute approximate surface area is 234 Å². The van der Waals surface area contributed by atoms with Crippen LogP contribution in [0.3, 0.4) is 0 Å². The van der Waals surface area contributed by atoms with E-state index in [1.807, 2.05) is 54.7 Å². The largest absolute Gasteiger partial charge is 0.444 e. The number of aromatic nitrogens is 3. The van der Waals surface area contributed by atoms with Crippen molar-refractivity contribution >= 4 is 23.1 Å². The minimum Gasteiger partial charge on any atom is -0.444 e. The van der Waals surface area contributed by atoms with Gasteiger partial charge in [-0.1, -0.05) is 6.92 Å². The van der Waals surface area contributed by atoms with Crippen LogP contribution in [0.15, 0.2) is 41.3 Å². The molecule has 0 saturated carbocycles. The van der Waals surface area contributed by atoms with E-state index in [1.54, 1.807) is 40.2 Å². The Kier molecular flexibility index (Phi) is 7.84. The summed E-state index contributed by atoms with van der Waals surface area (Å²) in [4.78, 5) is 25.5. The fraction of sp³-hybridized carbons (Fsp3) is 0.500. The van der Waals surface area contributed by atoms with Gasteiger partial charge in [-0.25, -0.2) is 23.6 Å². The highest BCUT2D eigenvalue weighted by atomic mass is 19.1. The molecule has 40 heavy (non-hydrogen) atoms. The van der Waals surface area contributed by atoms with E-state index in [9.17, 15) is 9.18 Å². The third-order valence-corrected chi connectivity index (χ3v) is 7.08. The van der Waals surface area contributed by atoms with E-state index < -0.39 is 22.8 Å². The molecular weight excluding hydrogens is 514 g/mol. The van der Waals surface area contributed by atoms with Gasteiger partial charge in [0.1, 0.15) is 5.60 Å². The Morgan fingerprint density at radius 2 is 1.82 bits per heavy atom. The number of hydrogen-bond acceptors (Lipinski definition) is 5. The fourth-order valence-electron chi connectivity index (χ4n) is 4.98. The molecule has 3 aromatic heterocycles. The number of imidazole rings is 1. The predicted octanol–water partition coefficient (Wildman–Crippen LogP) is 5.84. The number of rotatable bonds is 4. The summed E-state index contributed by atoms with van der Waals surface area (Å²) in [5.74, 6) is -0.954. The molecule has 1 fully saturated rings. The minimum atomic E-state index is -0.584. The number of amides is 1. The lowest BCUT2D eigenvalue weighted by atomic mass is 9.99. The van der Waals surface area contributed by atoms with Gasteiger partial charge in [0.2, 0.25) is 0 Å². The predicted molar refractivity (Wildman–Crippen MR) is 153 cm³/mol. The van der Waals surface area contributed by atoms with Crippen LogP contribution in [0.5, 0.6) is 0 Å². The number of halogens is 2. The maximum absolute atomic E-state index is 15.7. The summed E-state index contributed by atoms with van der Waals surface area (Å²) >= 11 is 0. The summed E-state index contributed by atoms with van der Waals surface area (Å²) in [7, 11) is 1.75. The number of allylic oxidation sites excluding steroid dienone is 1. The van der Waals surface area contributed by atoms with Crippen molar-refractivity contribution in [2.24, 2.45) is 12.0 Å². The molecule has 4 rings (SSSR count). The summed E-state index contributed by atoms with van der Waals surface area (Å²) in [5, 5.41) is 0. The number of ether oxygens (including phenoxy) is 1. The van der Waals surface area contributed by atoms with E-state index in [2.05, 4.69) is 9.88 Å². The molecule has 0 bridgehead atoms.